The average Bonchev–Trinajstić information content (AvgIpc) is 3.93. The molecule has 7 heteroatoms. The van der Waals surface area contributed by atoms with Gasteiger partial charge in [-0.05, 0) is 45.8 Å². The van der Waals surface area contributed by atoms with Crippen molar-refractivity contribution in [2.24, 2.45) is 0 Å². The number of para-hydroxylation sites is 4. The summed E-state index contributed by atoms with van der Waals surface area (Å²) < 4.78 is 10.9. The van der Waals surface area contributed by atoms with E-state index in [4.69, 9.17) is 24.4 Å². The van der Waals surface area contributed by atoms with Gasteiger partial charge in [-0.3, -0.25) is 9.13 Å². The Hall–Kier alpha value is -7.64. The Kier molecular flexibility index (Phi) is 6.21. The number of nitrogens with zero attached hydrogens (tertiary/aromatic N) is 6. The second-order valence-electron chi connectivity index (χ2n) is 13.9. The largest absolute Gasteiger partial charge is 0.423 e. The van der Waals surface area contributed by atoms with Crippen molar-refractivity contribution in [3.8, 4) is 34.7 Å². The molecule has 0 aliphatic rings. The summed E-state index contributed by atoms with van der Waals surface area (Å²) in [6.07, 6.45) is 0. The third kappa shape index (κ3) is 4.38. The predicted octanol–water partition coefficient (Wildman–Crippen LogP) is 11.8. The van der Waals surface area contributed by atoms with Crippen LogP contribution in [0.4, 0.5) is 0 Å². The lowest BCUT2D eigenvalue weighted by atomic mass is 10.0. The Bertz CT molecular complexity index is 3380. The maximum absolute atomic E-state index is 6.53. The fourth-order valence-corrected chi connectivity index (χ4v) is 8.41. The van der Waals surface area contributed by atoms with Crippen molar-refractivity contribution in [2.75, 3.05) is 0 Å². The van der Waals surface area contributed by atoms with Crippen molar-refractivity contribution in [1.82, 2.24) is 29.1 Å². The highest BCUT2D eigenvalue weighted by Crippen LogP contribution is 2.42. The minimum atomic E-state index is 0.500. The van der Waals surface area contributed by atoms with Crippen LogP contribution in [0.1, 0.15) is 0 Å². The van der Waals surface area contributed by atoms with E-state index in [0.717, 1.165) is 87.4 Å². The van der Waals surface area contributed by atoms with Crippen molar-refractivity contribution in [3.63, 3.8) is 0 Å². The normalized spacial score (nSPS) is 12.0. The molecule has 0 aliphatic heterocycles. The summed E-state index contributed by atoms with van der Waals surface area (Å²) in [6, 6.07) is 59.1. The Morgan fingerprint density at radius 1 is 0.364 bits per heavy atom. The first-order valence-corrected chi connectivity index (χ1v) is 18.3. The van der Waals surface area contributed by atoms with Gasteiger partial charge in [0, 0.05) is 32.7 Å². The molecule has 8 aromatic carbocycles. The molecule has 0 fully saturated rings. The Morgan fingerprint density at radius 2 is 0.855 bits per heavy atom. The van der Waals surface area contributed by atoms with E-state index in [1.807, 2.05) is 24.3 Å². The number of fused-ring (bicyclic) bond motifs is 10. The molecule has 0 saturated heterocycles. The molecule has 256 valence electrons. The van der Waals surface area contributed by atoms with E-state index in [2.05, 4.69) is 155 Å². The molecule has 0 N–H and O–H groups in total. The minimum absolute atomic E-state index is 0.500. The van der Waals surface area contributed by atoms with Crippen LogP contribution in [0.15, 0.2) is 174 Å². The highest BCUT2D eigenvalue weighted by Gasteiger charge is 2.25. The molecule has 0 amide bonds. The maximum Gasteiger partial charge on any atom is 0.307 e. The van der Waals surface area contributed by atoms with Crippen LogP contribution in [0.25, 0.3) is 111 Å². The summed E-state index contributed by atoms with van der Waals surface area (Å²) in [5, 5.41) is 8.73. The Labute approximate surface area is 313 Å². The van der Waals surface area contributed by atoms with Gasteiger partial charge in [0.2, 0.25) is 5.95 Å². The summed E-state index contributed by atoms with van der Waals surface area (Å²) in [5.41, 5.74) is 7.30. The molecular weight excluding hydrogens is 677 g/mol. The Balaban J connectivity index is 1.25. The second-order valence-corrected chi connectivity index (χ2v) is 13.9. The van der Waals surface area contributed by atoms with Crippen molar-refractivity contribution in [3.05, 3.63) is 170 Å². The van der Waals surface area contributed by atoms with E-state index < -0.39 is 0 Å². The standard InChI is InChI=1S/C48H28N6O/c1-3-17-31-29(13-1)15-11-21-37(31)45-50-46(38-22-12-16-30-14-2-4-18-32(30)38)52-47(51-45)53-40-24-8-5-19-33(40)35-27-28-36-34-20-6-9-25-41(34)54(44(36)43(35)53)48-49-39-23-7-10-26-42(39)55-48/h1-28H. The lowest BCUT2D eigenvalue weighted by molar-refractivity contribution is 0.574. The fraction of sp³-hybridized carbons (Fsp3) is 0. The van der Waals surface area contributed by atoms with Crippen LogP contribution >= 0.6 is 0 Å². The molecule has 0 aliphatic carbocycles. The van der Waals surface area contributed by atoms with E-state index in [1.54, 1.807) is 0 Å². The van der Waals surface area contributed by atoms with Crippen molar-refractivity contribution in [2.45, 2.75) is 0 Å². The molecule has 0 saturated carbocycles. The van der Waals surface area contributed by atoms with Crippen LogP contribution in [0.2, 0.25) is 0 Å². The summed E-state index contributed by atoms with van der Waals surface area (Å²) in [4.78, 5) is 21.1. The molecule has 0 spiro atoms. The number of hydrogen-bond donors (Lipinski definition) is 0. The fourth-order valence-electron chi connectivity index (χ4n) is 8.41. The summed E-state index contributed by atoms with van der Waals surface area (Å²) in [5.74, 6) is 1.72. The summed E-state index contributed by atoms with van der Waals surface area (Å²) in [7, 11) is 0. The van der Waals surface area contributed by atoms with Crippen LogP contribution in [0.3, 0.4) is 0 Å². The monoisotopic (exact) mass is 704 g/mol. The summed E-state index contributed by atoms with van der Waals surface area (Å²) in [6.45, 7) is 0. The molecule has 0 atom stereocenters. The number of benzene rings is 8. The van der Waals surface area contributed by atoms with Crippen LogP contribution in [-0.2, 0) is 0 Å². The lowest BCUT2D eigenvalue weighted by Crippen LogP contribution is -2.07. The molecule has 0 unspecified atom stereocenters. The quantitative estimate of drug-likeness (QED) is 0.182. The minimum Gasteiger partial charge on any atom is -0.423 e. The van der Waals surface area contributed by atoms with Crippen molar-refractivity contribution in [1.29, 1.82) is 0 Å². The smallest absolute Gasteiger partial charge is 0.307 e. The number of aromatic nitrogens is 6. The van der Waals surface area contributed by atoms with Gasteiger partial charge in [0.05, 0.1) is 22.1 Å². The van der Waals surface area contributed by atoms with Gasteiger partial charge in [-0.15, -0.1) is 0 Å². The highest BCUT2D eigenvalue weighted by atomic mass is 16.4. The van der Waals surface area contributed by atoms with Gasteiger partial charge in [0.1, 0.15) is 5.52 Å². The second kappa shape index (κ2) is 11.4. The molecule has 7 nitrogen and oxygen atoms in total. The highest BCUT2D eigenvalue weighted by molar-refractivity contribution is 6.23. The van der Waals surface area contributed by atoms with Gasteiger partial charge in [-0.1, -0.05) is 146 Å². The van der Waals surface area contributed by atoms with E-state index in [-0.39, 0.29) is 0 Å². The first kappa shape index (κ1) is 29.9. The zero-order valence-corrected chi connectivity index (χ0v) is 29.3. The van der Waals surface area contributed by atoms with E-state index in [1.165, 1.54) is 0 Å². The van der Waals surface area contributed by atoms with E-state index in [9.17, 15) is 0 Å². The molecule has 4 heterocycles. The van der Waals surface area contributed by atoms with Crippen molar-refractivity contribution >= 4 is 76.3 Å². The molecular formula is C48H28N6O. The molecule has 55 heavy (non-hydrogen) atoms. The Morgan fingerprint density at radius 3 is 1.47 bits per heavy atom. The first-order chi connectivity index (χ1) is 27.3. The lowest BCUT2D eigenvalue weighted by Gasteiger charge is -2.14. The zero-order valence-electron chi connectivity index (χ0n) is 29.3. The molecule has 0 radical (unpaired) electrons. The first-order valence-electron chi connectivity index (χ1n) is 18.3. The van der Waals surface area contributed by atoms with Crippen LogP contribution < -0.4 is 0 Å². The van der Waals surface area contributed by atoms with Crippen molar-refractivity contribution < 1.29 is 4.42 Å². The zero-order chi connectivity index (χ0) is 36.0. The van der Waals surface area contributed by atoms with Gasteiger partial charge in [0.15, 0.2) is 17.2 Å². The topological polar surface area (TPSA) is 74.6 Å². The number of rotatable bonds is 4. The number of hydrogen-bond acceptors (Lipinski definition) is 5. The van der Waals surface area contributed by atoms with Crippen LogP contribution in [0.5, 0.6) is 0 Å². The average molecular weight is 705 g/mol. The third-order valence-corrected chi connectivity index (χ3v) is 10.8. The van der Waals surface area contributed by atoms with Gasteiger partial charge < -0.3 is 4.42 Å². The third-order valence-electron chi connectivity index (χ3n) is 10.8. The van der Waals surface area contributed by atoms with Gasteiger partial charge in [0.25, 0.3) is 0 Å². The number of oxazole rings is 1. The van der Waals surface area contributed by atoms with Gasteiger partial charge >= 0.3 is 6.01 Å². The molecule has 12 aromatic rings. The van der Waals surface area contributed by atoms with E-state index in [0.29, 0.717) is 23.6 Å². The maximum atomic E-state index is 6.53. The summed E-state index contributed by atoms with van der Waals surface area (Å²) >= 11 is 0. The van der Waals surface area contributed by atoms with Crippen LogP contribution in [-0.4, -0.2) is 29.1 Å². The SMILES string of the molecule is c1ccc2c(-c3nc(-c4cccc5ccccc45)nc(-n4c5ccccc5c5ccc6c7ccccc7n(-c7nc8ccccc8o7)c6c54)n3)cccc2c1. The molecule has 12 rings (SSSR count). The molecule has 4 aromatic heterocycles. The van der Waals surface area contributed by atoms with E-state index >= 15 is 0 Å². The van der Waals surface area contributed by atoms with Gasteiger partial charge in [-0.25, -0.2) is 4.98 Å². The predicted molar refractivity (Wildman–Crippen MR) is 222 cm³/mol. The van der Waals surface area contributed by atoms with Gasteiger partial charge in [-0.2, -0.15) is 15.0 Å². The molecule has 0 bridgehead atoms. The van der Waals surface area contributed by atoms with Crippen LogP contribution in [0, 0.1) is 0 Å².